The molecule has 3 rings (SSSR count). The fourth-order valence-corrected chi connectivity index (χ4v) is 5.25. The lowest BCUT2D eigenvalue weighted by Crippen LogP contribution is -2.49. The normalized spacial score (nSPS) is 11.7. The third kappa shape index (κ3) is 10.1. The van der Waals surface area contributed by atoms with E-state index in [4.69, 9.17) is 5.41 Å². The zero-order valence-electron chi connectivity index (χ0n) is 22.4. The molecule has 12 nitrogen and oxygen atoms in total. The van der Waals surface area contributed by atoms with Crippen molar-refractivity contribution in [3.05, 3.63) is 111 Å². The molecule has 0 aliphatic heterocycles. The highest BCUT2D eigenvalue weighted by Crippen LogP contribution is 2.14. The van der Waals surface area contributed by atoms with Crippen molar-refractivity contribution in [3.63, 3.8) is 0 Å². The van der Waals surface area contributed by atoms with Crippen LogP contribution in [0.2, 0.25) is 0 Å². The van der Waals surface area contributed by atoms with Crippen molar-refractivity contribution in [1.29, 1.82) is 5.41 Å². The second-order valence-electron chi connectivity index (χ2n) is 9.19. The molecule has 0 bridgehead atoms. The first-order valence-electron chi connectivity index (χ1n) is 12.7. The number of non-ortho nitro benzene ring substituents is 1. The van der Waals surface area contributed by atoms with Gasteiger partial charge in [-0.15, -0.1) is 0 Å². The van der Waals surface area contributed by atoms with E-state index in [1.54, 1.807) is 31.3 Å². The van der Waals surface area contributed by atoms with Crippen LogP contribution < -0.4 is 20.7 Å². The van der Waals surface area contributed by atoms with E-state index in [1.807, 2.05) is 30.3 Å². The fraction of sp³-hybridized carbons (Fsp3) is 0.250. The number of hydrogen-bond acceptors (Lipinski definition) is 7. The molecule has 0 saturated carbocycles. The molecule has 0 radical (unpaired) electrons. The van der Waals surface area contributed by atoms with Crippen LogP contribution in [0.5, 0.6) is 0 Å². The Morgan fingerprint density at radius 3 is 2.15 bits per heavy atom. The first-order valence-corrected chi connectivity index (χ1v) is 14.4. The molecule has 0 fully saturated rings. The highest BCUT2D eigenvalue weighted by atomic mass is 32.2. The van der Waals surface area contributed by atoms with Gasteiger partial charge in [-0.25, -0.2) is 13.1 Å². The van der Waals surface area contributed by atoms with Crippen LogP contribution in [-0.2, 0) is 38.3 Å². The van der Waals surface area contributed by atoms with E-state index < -0.39 is 38.6 Å². The van der Waals surface area contributed by atoms with Gasteiger partial charge >= 0.3 is 0 Å². The van der Waals surface area contributed by atoms with Crippen molar-refractivity contribution in [2.45, 2.75) is 31.2 Å². The van der Waals surface area contributed by atoms with Gasteiger partial charge in [-0.3, -0.25) is 25.1 Å². The largest absolute Gasteiger partial charge is 0.373 e. The summed E-state index contributed by atoms with van der Waals surface area (Å²) in [6.45, 7) is -0.144. The van der Waals surface area contributed by atoms with Gasteiger partial charge in [0.25, 0.3) is 5.69 Å². The van der Waals surface area contributed by atoms with Gasteiger partial charge in [-0.2, -0.15) is 0 Å². The SMILES string of the molecule is CNC(=N)c1ccc(CNC(=O)CNC(=O)[C@@H](CCc2ccccc2)NS(=O)(=O)Cc2ccc([N+](=O)[O-])cc2)cc1. The van der Waals surface area contributed by atoms with Crippen molar-refractivity contribution in [2.75, 3.05) is 13.6 Å². The summed E-state index contributed by atoms with van der Waals surface area (Å²) < 4.78 is 28.2. The molecule has 3 aromatic rings. The van der Waals surface area contributed by atoms with Gasteiger partial charge in [-0.05, 0) is 29.5 Å². The molecule has 5 N–H and O–H groups in total. The Labute approximate surface area is 238 Å². The molecular formula is C28H32N6O6S. The number of amides is 2. The summed E-state index contributed by atoms with van der Waals surface area (Å²) in [4.78, 5) is 35.7. The van der Waals surface area contributed by atoms with Crippen LogP contribution in [0, 0.1) is 15.5 Å². The monoisotopic (exact) mass is 580 g/mol. The summed E-state index contributed by atoms with van der Waals surface area (Å²) in [6, 6.07) is 20.3. The number of carbonyl (C=O) groups is 2. The Bertz CT molecular complexity index is 1460. The standard InChI is InChI=1S/C28H32N6O6S/c1-30-27(29)23-12-7-21(8-13-23)17-31-26(35)18-32-28(36)25(16-11-20-5-3-2-4-6-20)33-41(39,40)19-22-9-14-24(15-10-22)34(37)38/h2-10,12-15,25,33H,11,16-19H2,1H3,(H2,29,30)(H,31,35)(H,32,36)/t25-/m1/s1. The van der Waals surface area contributed by atoms with E-state index in [0.29, 0.717) is 17.5 Å². The number of carbonyl (C=O) groups excluding carboxylic acids is 2. The van der Waals surface area contributed by atoms with Gasteiger partial charge in [0, 0.05) is 31.3 Å². The van der Waals surface area contributed by atoms with Crippen LogP contribution in [0.4, 0.5) is 5.69 Å². The molecule has 13 heteroatoms. The first-order chi connectivity index (χ1) is 19.6. The van der Waals surface area contributed by atoms with Gasteiger partial charge in [-0.1, -0.05) is 66.7 Å². The van der Waals surface area contributed by atoms with Crippen LogP contribution in [0.3, 0.4) is 0 Å². The zero-order valence-corrected chi connectivity index (χ0v) is 23.2. The molecule has 0 aliphatic carbocycles. The maximum atomic E-state index is 13.0. The molecule has 0 heterocycles. The zero-order chi connectivity index (χ0) is 29.8. The van der Waals surface area contributed by atoms with E-state index in [2.05, 4.69) is 20.7 Å². The lowest BCUT2D eigenvalue weighted by Gasteiger charge is -2.19. The summed E-state index contributed by atoms with van der Waals surface area (Å²) in [7, 11) is -2.36. The Kier molecular flexibility index (Phi) is 11.1. The van der Waals surface area contributed by atoms with Crippen molar-refractivity contribution in [3.8, 4) is 0 Å². The number of rotatable bonds is 14. The molecule has 0 unspecified atom stereocenters. The van der Waals surface area contributed by atoms with E-state index in [-0.39, 0.29) is 31.0 Å². The summed E-state index contributed by atoms with van der Waals surface area (Å²) >= 11 is 0. The van der Waals surface area contributed by atoms with E-state index in [1.165, 1.54) is 24.3 Å². The number of nitrogens with zero attached hydrogens (tertiary/aromatic N) is 1. The number of hydrogen-bond donors (Lipinski definition) is 5. The molecular weight excluding hydrogens is 548 g/mol. The van der Waals surface area contributed by atoms with E-state index >= 15 is 0 Å². The number of aryl methyl sites for hydroxylation is 1. The Hall–Kier alpha value is -4.62. The quantitative estimate of drug-likeness (QED) is 0.0836. The first kappa shape index (κ1) is 30.9. The van der Waals surface area contributed by atoms with Gasteiger partial charge in [0.05, 0.1) is 17.2 Å². The summed E-state index contributed by atoms with van der Waals surface area (Å²) in [5.41, 5.74) is 2.57. The lowest BCUT2D eigenvalue weighted by molar-refractivity contribution is -0.384. The molecule has 0 saturated heterocycles. The summed E-state index contributed by atoms with van der Waals surface area (Å²) in [5, 5.41) is 26.6. The Morgan fingerprint density at radius 1 is 0.902 bits per heavy atom. The maximum absolute atomic E-state index is 13.0. The molecule has 2 amide bonds. The van der Waals surface area contributed by atoms with Crippen LogP contribution in [0.15, 0.2) is 78.9 Å². The number of amidine groups is 1. The van der Waals surface area contributed by atoms with Crippen LogP contribution in [0.1, 0.15) is 28.7 Å². The maximum Gasteiger partial charge on any atom is 0.269 e. The van der Waals surface area contributed by atoms with Crippen LogP contribution in [-0.4, -0.2) is 50.6 Å². The Balaban J connectivity index is 1.59. The third-order valence-electron chi connectivity index (χ3n) is 6.11. The number of sulfonamides is 1. The molecule has 3 aromatic carbocycles. The number of nitro groups is 1. The van der Waals surface area contributed by atoms with E-state index in [0.717, 1.165) is 11.1 Å². The predicted octanol–water partition coefficient (Wildman–Crippen LogP) is 1.99. The second kappa shape index (κ2) is 14.7. The highest BCUT2D eigenvalue weighted by molar-refractivity contribution is 7.88. The molecule has 0 aromatic heterocycles. The van der Waals surface area contributed by atoms with Crippen molar-refractivity contribution >= 4 is 33.4 Å². The lowest BCUT2D eigenvalue weighted by atomic mass is 10.1. The summed E-state index contributed by atoms with van der Waals surface area (Å²) in [6.07, 6.45) is 0.553. The molecule has 0 spiro atoms. The van der Waals surface area contributed by atoms with Crippen molar-refractivity contribution in [2.24, 2.45) is 0 Å². The van der Waals surface area contributed by atoms with Gasteiger partial charge in [0.2, 0.25) is 21.8 Å². The minimum absolute atomic E-state index is 0.144. The Morgan fingerprint density at radius 2 is 1.54 bits per heavy atom. The number of benzene rings is 3. The average Bonchev–Trinajstić information content (AvgIpc) is 2.97. The molecule has 216 valence electrons. The van der Waals surface area contributed by atoms with Crippen molar-refractivity contribution < 1.29 is 22.9 Å². The average molecular weight is 581 g/mol. The van der Waals surface area contributed by atoms with Crippen LogP contribution >= 0.6 is 0 Å². The molecule has 41 heavy (non-hydrogen) atoms. The van der Waals surface area contributed by atoms with Crippen molar-refractivity contribution in [1.82, 2.24) is 20.7 Å². The minimum Gasteiger partial charge on any atom is -0.373 e. The minimum atomic E-state index is -4.01. The molecule has 0 aliphatic rings. The smallest absolute Gasteiger partial charge is 0.269 e. The second-order valence-corrected chi connectivity index (χ2v) is 10.9. The van der Waals surface area contributed by atoms with Gasteiger partial charge in [0.15, 0.2) is 0 Å². The predicted molar refractivity (Wildman–Crippen MR) is 155 cm³/mol. The third-order valence-corrected chi connectivity index (χ3v) is 7.47. The number of nitrogens with one attached hydrogen (secondary N) is 5. The van der Waals surface area contributed by atoms with E-state index in [9.17, 15) is 28.1 Å². The van der Waals surface area contributed by atoms with Gasteiger partial charge in [0.1, 0.15) is 11.9 Å². The summed E-state index contributed by atoms with van der Waals surface area (Å²) in [5.74, 6) is -1.32. The van der Waals surface area contributed by atoms with Gasteiger partial charge < -0.3 is 16.0 Å². The molecule has 1 atom stereocenters. The number of nitro benzene ring substituents is 1. The fourth-order valence-electron chi connectivity index (χ4n) is 3.88. The highest BCUT2D eigenvalue weighted by Gasteiger charge is 2.25. The van der Waals surface area contributed by atoms with Crippen LogP contribution in [0.25, 0.3) is 0 Å². The topological polar surface area (TPSA) is 183 Å².